The predicted molar refractivity (Wildman–Crippen MR) is 540 cm³/mol. The van der Waals surface area contributed by atoms with Crippen LogP contribution in [0.15, 0.2) is 158 Å². The number of nitrogens with zero attached hydrogens (tertiary/aromatic N) is 1. The number of nitrogens with two attached hydrogens (primary N) is 1. The fourth-order valence-electron chi connectivity index (χ4n) is 10.3. The number of carbonyl (C=O) groups is 2. The van der Waals surface area contributed by atoms with Gasteiger partial charge in [-0.15, -0.1) is 0 Å². The van der Waals surface area contributed by atoms with E-state index in [1.54, 1.807) is 63.2 Å². The normalized spacial score (nSPS) is 10.5. The van der Waals surface area contributed by atoms with Crippen LogP contribution < -0.4 is 10.5 Å². The Morgan fingerprint density at radius 3 is 0.861 bits per heavy atom. The molecule has 0 aromatic heterocycles. The molecule has 0 aliphatic rings. The molecule has 11 aromatic carbocycles. The van der Waals surface area contributed by atoms with E-state index in [2.05, 4.69) is 4.85 Å². The minimum absolute atomic E-state index is 0. The fourth-order valence-corrected chi connectivity index (χ4v) is 16.9. The molecule has 0 radical (unpaired) electrons. The van der Waals surface area contributed by atoms with Gasteiger partial charge < -0.3 is 25.5 Å². The highest BCUT2D eigenvalue weighted by atomic mass is 35.5. The van der Waals surface area contributed by atoms with Crippen LogP contribution in [0.1, 0.15) is 195 Å². The van der Waals surface area contributed by atoms with E-state index in [9.17, 15) is 76.2 Å². The van der Waals surface area contributed by atoms with Gasteiger partial charge in [0.1, 0.15) is 24.2 Å². The van der Waals surface area contributed by atoms with Crippen molar-refractivity contribution in [3.63, 3.8) is 0 Å². The lowest BCUT2D eigenvalue weighted by atomic mass is 10.00. The van der Waals surface area contributed by atoms with Crippen molar-refractivity contribution in [2.45, 2.75) is 131 Å². The van der Waals surface area contributed by atoms with Crippen LogP contribution in [0.3, 0.4) is 0 Å². The summed E-state index contributed by atoms with van der Waals surface area (Å²) in [6, 6.07) is 35.3. The lowest BCUT2D eigenvalue weighted by Gasteiger charge is -2.16. The average molecular weight is 2430 g/mol. The van der Waals surface area contributed by atoms with E-state index < -0.39 is 62.3 Å². The van der Waals surface area contributed by atoms with Crippen LogP contribution in [0.5, 0.6) is 5.75 Å². The van der Waals surface area contributed by atoms with E-state index in [-0.39, 0.29) is 162 Å². The Balaban J connectivity index is -0.000000754. The number of benzene rings is 11. The number of hydrogen-bond donors (Lipinski definition) is 3. The molecular formula is C95H76Cl20F14N2O13. The maximum Gasteiger partial charge on any atom is 0.373 e. The zero-order chi connectivity index (χ0) is 111. The van der Waals surface area contributed by atoms with Gasteiger partial charge in [0.25, 0.3) is 38.6 Å². The molecule has 11 aromatic rings. The standard InChI is InChI=1S/C17H14Cl2F4O.C10H7Cl2F2N.C10H11Cl2F2N.2C8H6Cl2F2O.C8H6Cl2F2.C8H6Cl2O.C7H4Cl2O.2C7H6Cl2.4CO2.CH4/c18-13-6-10(17(22)23)7-14(19)16(13)15(24)3-1-2-9-4-11(20)8-12(21)5-9;1-5(15-2)9-7(11)3-6(10(13)14)4-8(9)12;1-5(4-15)9-7(11)2-6(10(13)14)3-8(9)12;1-13-7-5(9)2-4(8(11)12)3-6(7)10;9-6-1-4(8(11)12)2-7(10)5(6)3-13;1-4-6(9)2-5(8(11)12)3-7(4)10;1-5-7(9)2-6(4-11)3-8(5)10;8-6-1-5(4-10)2-7(9)3-6;2*1-5-2-6(8)4-7(9)3-5;4*2-1-3;/h4-8,15,17,24H,1-3H2;3-5,10H,1H3;2-3,5,10H,4,15H2,1H3;2-3,8H,1H3;1-2,8,13H,3H2;2-3,8H,1H3;2-4H,1H3;1-4H;2*2-4H,1H3;;;;;1H4. The van der Waals surface area contributed by atoms with Gasteiger partial charge in [-0.05, 0) is 244 Å². The Bertz CT molecular complexity index is 5640. The summed E-state index contributed by atoms with van der Waals surface area (Å²) in [5.74, 6) is -1.16. The number of carbonyl (C=O) groups excluding carboxylic acids is 10. The molecule has 3 unspecified atom stereocenters. The van der Waals surface area contributed by atoms with Crippen molar-refractivity contribution in [3.05, 3.63) is 376 Å². The van der Waals surface area contributed by atoms with Gasteiger partial charge in [-0.25, -0.2) is 68.0 Å². The quantitative estimate of drug-likeness (QED) is 0.0411. The monoisotopic (exact) mass is 2420 g/mol. The summed E-state index contributed by atoms with van der Waals surface area (Å²) in [6.07, 6.45) is -13.3. The Morgan fingerprint density at radius 1 is 0.368 bits per heavy atom. The second-order valence-corrected chi connectivity index (χ2v) is 35.5. The molecule has 0 saturated heterocycles. The molecular weight excluding hydrogens is 2350 g/mol. The summed E-state index contributed by atoms with van der Waals surface area (Å²) in [4.78, 5) is 88.7. The first-order valence-electron chi connectivity index (χ1n) is 38.3. The molecule has 144 heavy (non-hydrogen) atoms. The van der Waals surface area contributed by atoms with E-state index >= 15 is 0 Å². The summed E-state index contributed by atoms with van der Waals surface area (Å²) in [7, 11) is 1.37. The third-order valence-electron chi connectivity index (χ3n) is 16.8. The molecule has 49 heteroatoms. The highest BCUT2D eigenvalue weighted by Gasteiger charge is 2.24. The summed E-state index contributed by atoms with van der Waals surface area (Å²) in [6.45, 7) is 17.7. The number of alkyl halides is 12. The number of aliphatic hydroxyl groups excluding tert-OH is 2. The van der Waals surface area contributed by atoms with Crippen LogP contribution in [0.2, 0.25) is 100 Å². The van der Waals surface area contributed by atoms with Crippen molar-refractivity contribution in [3.8, 4) is 5.75 Å². The topological polar surface area (TPSA) is 251 Å². The first-order valence-corrected chi connectivity index (χ1v) is 45.9. The fraction of sp³-hybridized carbons (Fsp3) is 0.232. The van der Waals surface area contributed by atoms with Gasteiger partial charge in [0.2, 0.25) is 6.04 Å². The van der Waals surface area contributed by atoms with Gasteiger partial charge in [0, 0.05) is 149 Å². The number of ether oxygens (including phenoxy) is 1. The lowest BCUT2D eigenvalue weighted by molar-refractivity contribution is -0.193. The molecule has 15 nitrogen and oxygen atoms in total. The number of rotatable bonds is 18. The van der Waals surface area contributed by atoms with Crippen LogP contribution in [0, 0.1) is 45.9 Å². The Labute approximate surface area is 917 Å². The smallest absolute Gasteiger partial charge is 0.373 e. The highest BCUT2D eigenvalue weighted by molar-refractivity contribution is 6.41. The molecule has 0 heterocycles. The van der Waals surface area contributed by atoms with E-state index in [0.29, 0.717) is 99.2 Å². The van der Waals surface area contributed by atoms with E-state index in [4.69, 9.17) is 293 Å². The zero-order valence-electron chi connectivity index (χ0n) is 73.7. The number of hydrogen-bond acceptors (Lipinski definition) is 14. The molecule has 0 saturated carbocycles. The van der Waals surface area contributed by atoms with Gasteiger partial charge in [-0.3, -0.25) is 9.59 Å². The number of aliphatic hydroxyl groups is 2. The van der Waals surface area contributed by atoms with Crippen molar-refractivity contribution in [2.75, 3.05) is 13.7 Å². The van der Waals surface area contributed by atoms with E-state index in [1.807, 2.05) is 45.0 Å². The van der Waals surface area contributed by atoms with Crippen LogP contribution in [-0.2, 0) is 51.4 Å². The number of methoxy groups -OCH3 is 1. The van der Waals surface area contributed by atoms with Gasteiger partial charge in [-0.1, -0.05) is 246 Å². The van der Waals surface area contributed by atoms with Gasteiger partial charge in [0.15, 0.2) is 5.75 Å². The maximum absolute atomic E-state index is 13.1. The first-order chi connectivity index (χ1) is 66.7. The molecule has 11 rings (SSSR count). The summed E-state index contributed by atoms with van der Waals surface area (Å²) in [5, 5.41) is 25.2. The Hall–Kier alpha value is -7.73. The van der Waals surface area contributed by atoms with Crippen LogP contribution in [0.25, 0.3) is 4.85 Å². The molecule has 0 spiro atoms. The molecule has 0 fully saturated rings. The molecule has 0 amide bonds. The summed E-state index contributed by atoms with van der Waals surface area (Å²) < 4.78 is 179. The second-order valence-electron chi connectivity index (χ2n) is 27.1. The number of aryl methyl sites for hydroxylation is 3. The molecule has 0 aliphatic carbocycles. The number of aldehydes is 2. The molecule has 782 valence electrons. The first kappa shape index (κ1) is 143. The lowest BCUT2D eigenvalue weighted by Crippen LogP contribution is -2.10. The Kier molecular flexibility index (Phi) is 75.9. The van der Waals surface area contributed by atoms with Crippen molar-refractivity contribution in [1.82, 2.24) is 0 Å². The second kappa shape index (κ2) is 76.7. The third kappa shape index (κ3) is 56.0. The summed E-state index contributed by atoms with van der Waals surface area (Å²) in [5.41, 5.74) is 10.7. The van der Waals surface area contributed by atoms with Crippen LogP contribution in [0.4, 0.5) is 61.5 Å². The van der Waals surface area contributed by atoms with Crippen molar-refractivity contribution >= 4 is 269 Å². The van der Waals surface area contributed by atoms with Gasteiger partial charge >= 0.3 is 24.6 Å². The molecule has 4 N–H and O–H groups in total. The summed E-state index contributed by atoms with van der Waals surface area (Å²) >= 11 is 114. The number of halogens is 34. The van der Waals surface area contributed by atoms with Crippen LogP contribution >= 0.6 is 232 Å². The largest absolute Gasteiger partial charge is 0.494 e. The molecule has 0 aliphatic heterocycles. The SMILES string of the molecule is C.CC(CN)c1c(Cl)cc(C(F)F)cc1Cl.COc1c(Cl)cc(C(F)F)cc1Cl.Cc1c(Cl)cc(C(F)F)cc1Cl.Cc1c(Cl)cc(C=O)cc1Cl.Cc1cc(Cl)cc(Cl)c1.Cc1cc(Cl)cc(Cl)c1.O=C=O.O=C=O.O=C=O.O=C=O.O=Cc1cc(Cl)cc(Cl)c1.OC(CCCc1cc(F)cc(F)c1)c1c(Cl)cc(C(F)F)cc1Cl.OCc1c(Cl)cc(C(F)F)cc1Cl.[C-]#[N+]C(C)c1c(Cl)cc(C(F)F)cc1Cl. The van der Waals surface area contributed by atoms with Gasteiger partial charge in [0.05, 0.1) is 45.5 Å². The highest BCUT2D eigenvalue weighted by Crippen LogP contribution is 2.42. The van der Waals surface area contributed by atoms with E-state index in [0.717, 1.165) is 77.6 Å². The van der Waals surface area contributed by atoms with Crippen molar-refractivity contribution < 1.29 is 124 Å². The minimum atomic E-state index is -2.71. The average Bonchev–Trinajstić information content (AvgIpc) is 0.818. The predicted octanol–water partition coefficient (Wildman–Crippen LogP) is 37.6. The van der Waals surface area contributed by atoms with Crippen LogP contribution in [-0.4, -0.2) is 61.0 Å². The van der Waals surface area contributed by atoms with Gasteiger partial charge in [-0.2, -0.15) is 38.4 Å². The minimum Gasteiger partial charge on any atom is -0.494 e. The molecule has 0 bridgehead atoms. The van der Waals surface area contributed by atoms with E-state index in [1.165, 1.54) is 43.5 Å². The third-order valence-corrected chi connectivity index (χ3v) is 22.8. The molecule has 3 atom stereocenters. The maximum atomic E-state index is 13.1. The zero-order valence-corrected chi connectivity index (χ0v) is 88.8. The van der Waals surface area contributed by atoms with Crippen molar-refractivity contribution in [1.29, 1.82) is 0 Å². The Morgan fingerprint density at radius 2 is 0.611 bits per heavy atom. The van der Waals surface area contributed by atoms with Crippen molar-refractivity contribution in [2.24, 2.45) is 5.73 Å².